The monoisotopic (exact) mass is 389 g/mol. The van der Waals surface area contributed by atoms with E-state index in [0.717, 1.165) is 12.1 Å². The molecule has 0 aliphatic rings. The first-order chi connectivity index (χ1) is 13.3. The van der Waals surface area contributed by atoms with Crippen molar-refractivity contribution in [1.82, 2.24) is 4.98 Å². The third kappa shape index (κ3) is 4.85. The van der Waals surface area contributed by atoms with Gasteiger partial charge in [0, 0.05) is 29.6 Å². The maximum atomic E-state index is 13.6. The molecule has 4 nitrogen and oxygen atoms in total. The minimum atomic E-state index is -4.44. The van der Waals surface area contributed by atoms with E-state index in [1.54, 1.807) is 18.2 Å². The highest BCUT2D eigenvalue weighted by Gasteiger charge is 2.30. The largest absolute Gasteiger partial charge is 0.416 e. The molecule has 0 unspecified atom stereocenters. The number of nitrogens with zero attached hydrogens (tertiary/aromatic N) is 1. The van der Waals surface area contributed by atoms with Crippen molar-refractivity contribution in [3.8, 4) is 0 Å². The van der Waals surface area contributed by atoms with Gasteiger partial charge in [-0.05, 0) is 42.5 Å². The summed E-state index contributed by atoms with van der Waals surface area (Å²) in [5, 5.41) is 5.45. The molecule has 3 rings (SSSR count). The van der Waals surface area contributed by atoms with Crippen molar-refractivity contribution < 1.29 is 22.4 Å². The van der Waals surface area contributed by atoms with E-state index in [1.165, 1.54) is 36.5 Å². The topological polar surface area (TPSA) is 54.0 Å². The second-order valence-electron chi connectivity index (χ2n) is 5.90. The van der Waals surface area contributed by atoms with Gasteiger partial charge in [-0.2, -0.15) is 13.2 Å². The summed E-state index contributed by atoms with van der Waals surface area (Å²) in [7, 11) is 0. The van der Waals surface area contributed by atoms with Crippen molar-refractivity contribution in [1.29, 1.82) is 0 Å². The number of aromatic nitrogens is 1. The summed E-state index contributed by atoms with van der Waals surface area (Å²) < 4.78 is 51.4. The predicted molar refractivity (Wildman–Crippen MR) is 97.4 cm³/mol. The van der Waals surface area contributed by atoms with Gasteiger partial charge in [-0.15, -0.1) is 0 Å². The highest BCUT2D eigenvalue weighted by molar-refractivity contribution is 6.04. The van der Waals surface area contributed by atoms with Crippen molar-refractivity contribution >= 4 is 17.4 Å². The van der Waals surface area contributed by atoms with Crippen LogP contribution in [0.25, 0.3) is 0 Å². The maximum absolute atomic E-state index is 13.6. The van der Waals surface area contributed by atoms with E-state index in [2.05, 4.69) is 15.6 Å². The molecule has 0 fully saturated rings. The van der Waals surface area contributed by atoms with Gasteiger partial charge in [-0.3, -0.25) is 4.79 Å². The Labute approximate surface area is 158 Å². The molecule has 2 aromatic carbocycles. The van der Waals surface area contributed by atoms with Crippen LogP contribution in [0.4, 0.5) is 29.1 Å². The molecule has 2 N–H and O–H groups in total. The standard InChI is InChI=1S/C20H15F4N3O/c21-17-4-2-1-3-14(17)12-26-18-11-13(9-10-25-18)19(28)27-16-7-5-15(6-8-16)20(22,23)24/h1-11H,12H2,(H,25,26)(H,27,28). The zero-order valence-electron chi connectivity index (χ0n) is 14.4. The number of hydrogen-bond donors (Lipinski definition) is 2. The summed E-state index contributed by atoms with van der Waals surface area (Å²) in [4.78, 5) is 16.4. The van der Waals surface area contributed by atoms with Gasteiger partial charge < -0.3 is 10.6 Å². The molecule has 1 aromatic heterocycles. The van der Waals surface area contributed by atoms with E-state index in [-0.39, 0.29) is 23.6 Å². The number of carbonyl (C=O) groups excluding carboxylic acids is 1. The van der Waals surface area contributed by atoms with Gasteiger partial charge in [0.1, 0.15) is 11.6 Å². The van der Waals surface area contributed by atoms with Gasteiger partial charge in [-0.1, -0.05) is 18.2 Å². The molecule has 0 aliphatic heterocycles. The maximum Gasteiger partial charge on any atom is 0.416 e. The Bertz CT molecular complexity index is 972. The summed E-state index contributed by atoms with van der Waals surface area (Å²) in [6.07, 6.45) is -3.03. The minimum absolute atomic E-state index is 0.184. The summed E-state index contributed by atoms with van der Waals surface area (Å²) in [6, 6.07) is 13.4. The molecule has 0 spiro atoms. The lowest BCUT2D eigenvalue weighted by molar-refractivity contribution is -0.137. The Morgan fingerprint density at radius 1 is 1.00 bits per heavy atom. The average molecular weight is 389 g/mol. The van der Waals surface area contributed by atoms with Gasteiger partial charge in [0.05, 0.1) is 5.56 Å². The second-order valence-corrected chi connectivity index (χ2v) is 5.90. The number of amides is 1. The third-order valence-electron chi connectivity index (χ3n) is 3.91. The van der Waals surface area contributed by atoms with Crippen LogP contribution in [-0.2, 0) is 12.7 Å². The molecule has 0 radical (unpaired) electrons. The quantitative estimate of drug-likeness (QED) is 0.597. The molecule has 3 aromatic rings. The Morgan fingerprint density at radius 2 is 1.71 bits per heavy atom. The van der Waals surface area contributed by atoms with Crippen molar-refractivity contribution in [3.05, 3.63) is 89.4 Å². The number of anilines is 2. The number of rotatable bonds is 5. The molecular weight excluding hydrogens is 374 g/mol. The number of alkyl halides is 3. The van der Waals surface area contributed by atoms with Crippen molar-refractivity contribution in [2.24, 2.45) is 0 Å². The van der Waals surface area contributed by atoms with Crippen LogP contribution >= 0.6 is 0 Å². The fourth-order valence-electron chi connectivity index (χ4n) is 2.44. The number of halogens is 4. The van der Waals surface area contributed by atoms with Gasteiger partial charge in [0.2, 0.25) is 0 Å². The summed E-state index contributed by atoms with van der Waals surface area (Å²) in [6.45, 7) is 0.184. The van der Waals surface area contributed by atoms with Crippen LogP contribution in [0.15, 0.2) is 66.9 Å². The molecular formula is C20H15F4N3O. The van der Waals surface area contributed by atoms with Crippen molar-refractivity contribution in [2.45, 2.75) is 12.7 Å². The fraction of sp³-hybridized carbons (Fsp3) is 0.100. The molecule has 1 amide bonds. The molecule has 0 aliphatic carbocycles. The average Bonchev–Trinajstić information content (AvgIpc) is 2.67. The first-order valence-corrected chi connectivity index (χ1v) is 8.25. The first-order valence-electron chi connectivity index (χ1n) is 8.25. The SMILES string of the molecule is O=C(Nc1ccc(C(F)(F)F)cc1)c1ccnc(NCc2ccccc2F)c1. The Morgan fingerprint density at radius 3 is 2.39 bits per heavy atom. The van der Waals surface area contributed by atoms with Crippen LogP contribution < -0.4 is 10.6 Å². The number of carbonyl (C=O) groups is 1. The molecule has 0 bridgehead atoms. The molecule has 0 atom stereocenters. The van der Waals surface area contributed by atoms with Gasteiger partial charge >= 0.3 is 6.18 Å². The number of benzene rings is 2. The first kappa shape index (κ1) is 19.3. The molecule has 0 saturated heterocycles. The van der Waals surface area contributed by atoms with E-state index in [9.17, 15) is 22.4 Å². The van der Waals surface area contributed by atoms with Crippen LogP contribution in [0.1, 0.15) is 21.5 Å². The minimum Gasteiger partial charge on any atom is -0.366 e. The summed E-state index contributed by atoms with van der Waals surface area (Å²) in [5.41, 5.74) is 0.138. The van der Waals surface area contributed by atoms with Crippen LogP contribution in [0.3, 0.4) is 0 Å². The summed E-state index contributed by atoms with van der Waals surface area (Å²) in [5.74, 6) is -0.495. The van der Waals surface area contributed by atoms with Gasteiger partial charge in [0.15, 0.2) is 0 Å². The van der Waals surface area contributed by atoms with Gasteiger partial charge in [0.25, 0.3) is 5.91 Å². The fourth-order valence-corrected chi connectivity index (χ4v) is 2.44. The molecule has 0 saturated carbocycles. The zero-order valence-corrected chi connectivity index (χ0v) is 14.4. The molecule has 144 valence electrons. The number of nitrogens with one attached hydrogen (secondary N) is 2. The van der Waals surface area contributed by atoms with E-state index < -0.39 is 17.6 Å². The van der Waals surface area contributed by atoms with Crippen molar-refractivity contribution in [3.63, 3.8) is 0 Å². The highest BCUT2D eigenvalue weighted by atomic mass is 19.4. The van der Waals surface area contributed by atoms with E-state index in [4.69, 9.17) is 0 Å². The molecule has 28 heavy (non-hydrogen) atoms. The highest BCUT2D eigenvalue weighted by Crippen LogP contribution is 2.29. The lowest BCUT2D eigenvalue weighted by Gasteiger charge is -2.10. The van der Waals surface area contributed by atoms with Crippen LogP contribution in [0.2, 0.25) is 0 Å². The Hall–Kier alpha value is -3.42. The normalized spacial score (nSPS) is 11.1. The van der Waals surface area contributed by atoms with Crippen LogP contribution in [0, 0.1) is 5.82 Å². The predicted octanol–water partition coefficient (Wildman–Crippen LogP) is 5.10. The van der Waals surface area contributed by atoms with Gasteiger partial charge in [-0.25, -0.2) is 9.37 Å². The third-order valence-corrected chi connectivity index (χ3v) is 3.91. The van der Waals surface area contributed by atoms with Crippen LogP contribution in [-0.4, -0.2) is 10.9 Å². The van der Waals surface area contributed by atoms with E-state index in [1.807, 2.05) is 0 Å². The van der Waals surface area contributed by atoms with Crippen LogP contribution in [0.5, 0.6) is 0 Å². The van der Waals surface area contributed by atoms with E-state index >= 15 is 0 Å². The lowest BCUT2D eigenvalue weighted by atomic mass is 10.2. The van der Waals surface area contributed by atoms with Crippen molar-refractivity contribution in [2.75, 3.05) is 10.6 Å². The smallest absolute Gasteiger partial charge is 0.366 e. The zero-order chi connectivity index (χ0) is 20.1. The summed E-state index contributed by atoms with van der Waals surface area (Å²) >= 11 is 0. The lowest BCUT2D eigenvalue weighted by Crippen LogP contribution is -2.13. The number of hydrogen-bond acceptors (Lipinski definition) is 3. The molecule has 8 heteroatoms. The number of pyridine rings is 1. The second kappa shape index (κ2) is 8.08. The van der Waals surface area contributed by atoms with E-state index in [0.29, 0.717) is 11.4 Å². The molecule has 1 heterocycles. The Balaban J connectivity index is 1.66. The Kier molecular flexibility index (Phi) is 5.58.